The normalized spacial score (nSPS) is 28.5. The van der Waals surface area contributed by atoms with Crippen molar-refractivity contribution in [2.45, 2.75) is 76.7 Å². The lowest BCUT2D eigenvalue weighted by atomic mass is 9.80. The SMILES string of the molecule is C[C@@H]1OC(=O)[C@@H](NC(=O)c2cccc(NC=O)c2O)[C@@H](C)OC(=O)[C@H](CC2CCCCC2)[C@H]1O. The molecule has 186 valence electrons. The van der Waals surface area contributed by atoms with Crippen molar-refractivity contribution in [2.75, 3.05) is 5.32 Å². The van der Waals surface area contributed by atoms with Gasteiger partial charge in [-0.15, -0.1) is 0 Å². The summed E-state index contributed by atoms with van der Waals surface area (Å²) in [5.41, 5.74) is -0.178. The van der Waals surface area contributed by atoms with E-state index in [-0.39, 0.29) is 17.2 Å². The number of ether oxygens (including phenoxy) is 2. The Bertz CT molecular complexity index is 914. The summed E-state index contributed by atoms with van der Waals surface area (Å²) >= 11 is 0. The first kappa shape index (κ1) is 25.5. The molecule has 1 heterocycles. The number of hydrogen-bond donors (Lipinski definition) is 4. The number of phenols is 1. The zero-order chi connectivity index (χ0) is 24.8. The van der Waals surface area contributed by atoms with Crippen LogP contribution >= 0.6 is 0 Å². The molecule has 0 radical (unpaired) electrons. The lowest BCUT2D eigenvalue weighted by Gasteiger charge is -2.29. The van der Waals surface area contributed by atoms with Crippen LogP contribution in [0.15, 0.2) is 18.2 Å². The summed E-state index contributed by atoms with van der Waals surface area (Å²) in [6, 6.07) is 2.78. The molecule has 1 aliphatic heterocycles. The predicted octanol–water partition coefficient (Wildman–Crippen LogP) is 1.88. The van der Waals surface area contributed by atoms with Crippen LogP contribution in [0.4, 0.5) is 5.69 Å². The van der Waals surface area contributed by atoms with Gasteiger partial charge in [0.25, 0.3) is 5.91 Å². The van der Waals surface area contributed by atoms with Crippen molar-refractivity contribution in [1.29, 1.82) is 0 Å². The number of para-hydroxylation sites is 1. The number of aliphatic hydroxyl groups is 1. The monoisotopic (exact) mass is 476 g/mol. The maximum absolute atomic E-state index is 13.0. The molecule has 1 saturated carbocycles. The number of amides is 2. The minimum atomic E-state index is -1.37. The smallest absolute Gasteiger partial charge is 0.332 e. The summed E-state index contributed by atoms with van der Waals surface area (Å²) in [5, 5.41) is 25.8. The molecular formula is C24H32N2O8. The molecule has 1 saturated heterocycles. The van der Waals surface area contributed by atoms with Crippen molar-refractivity contribution >= 4 is 29.9 Å². The molecule has 2 aliphatic rings. The Morgan fingerprint density at radius 3 is 2.44 bits per heavy atom. The molecule has 34 heavy (non-hydrogen) atoms. The summed E-state index contributed by atoms with van der Waals surface area (Å²) in [5.74, 6) is -3.40. The van der Waals surface area contributed by atoms with E-state index in [2.05, 4.69) is 10.6 Å². The summed E-state index contributed by atoms with van der Waals surface area (Å²) in [4.78, 5) is 49.4. The Hall–Kier alpha value is -3.14. The average molecular weight is 477 g/mol. The molecule has 1 aromatic rings. The second-order valence-corrected chi connectivity index (χ2v) is 9.04. The van der Waals surface area contributed by atoms with Gasteiger partial charge in [0.05, 0.1) is 17.2 Å². The molecule has 2 amide bonds. The van der Waals surface area contributed by atoms with Gasteiger partial charge in [0, 0.05) is 0 Å². The van der Waals surface area contributed by atoms with Gasteiger partial charge in [-0.25, -0.2) is 4.79 Å². The van der Waals surface area contributed by atoms with Gasteiger partial charge in [0.15, 0.2) is 11.8 Å². The summed E-state index contributed by atoms with van der Waals surface area (Å²) < 4.78 is 10.9. The molecule has 0 unspecified atom stereocenters. The zero-order valence-electron chi connectivity index (χ0n) is 19.4. The van der Waals surface area contributed by atoms with Crippen LogP contribution in [-0.4, -0.2) is 58.8 Å². The molecule has 1 aromatic carbocycles. The number of benzene rings is 1. The Balaban J connectivity index is 1.79. The maximum atomic E-state index is 13.0. The first-order valence-corrected chi connectivity index (χ1v) is 11.6. The van der Waals surface area contributed by atoms with Crippen molar-refractivity contribution in [3.8, 4) is 5.75 Å². The number of hydrogen-bond acceptors (Lipinski definition) is 8. The number of rotatable bonds is 6. The van der Waals surface area contributed by atoms with Crippen LogP contribution in [0.1, 0.15) is 62.7 Å². The van der Waals surface area contributed by atoms with Crippen molar-refractivity contribution in [3.63, 3.8) is 0 Å². The van der Waals surface area contributed by atoms with Crippen molar-refractivity contribution < 1.29 is 38.9 Å². The molecule has 5 atom stereocenters. The van der Waals surface area contributed by atoms with E-state index in [9.17, 15) is 29.4 Å². The van der Waals surface area contributed by atoms with Gasteiger partial charge in [-0.1, -0.05) is 38.2 Å². The molecular weight excluding hydrogens is 444 g/mol. The number of nitrogens with one attached hydrogen (secondary N) is 2. The zero-order valence-corrected chi connectivity index (χ0v) is 19.4. The summed E-state index contributed by atoms with van der Waals surface area (Å²) in [6.07, 6.45) is 2.73. The first-order chi connectivity index (χ1) is 16.2. The molecule has 3 rings (SSSR count). The van der Waals surface area contributed by atoms with Gasteiger partial charge < -0.3 is 30.3 Å². The van der Waals surface area contributed by atoms with Gasteiger partial charge in [-0.3, -0.25) is 14.4 Å². The molecule has 1 aliphatic carbocycles. The minimum absolute atomic E-state index is 0.0152. The molecule has 0 aromatic heterocycles. The van der Waals surface area contributed by atoms with Crippen LogP contribution in [-0.2, 0) is 23.9 Å². The number of carbonyl (C=O) groups is 4. The van der Waals surface area contributed by atoms with Crippen molar-refractivity contribution in [2.24, 2.45) is 11.8 Å². The second kappa shape index (κ2) is 11.3. The van der Waals surface area contributed by atoms with Crippen LogP contribution in [0, 0.1) is 11.8 Å². The molecule has 10 nitrogen and oxygen atoms in total. The van der Waals surface area contributed by atoms with Gasteiger partial charge in [-0.05, 0) is 38.3 Å². The largest absolute Gasteiger partial charge is 0.505 e. The Labute approximate surface area is 198 Å². The van der Waals surface area contributed by atoms with E-state index in [1.807, 2.05) is 0 Å². The number of aromatic hydroxyl groups is 1. The number of phenolic OH excluding ortho intramolecular Hbond substituents is 1. The van der Waals surface area contributed by atoms with Crippen molar-refractivity contribution in [3.05, 3.63) is 23.8 Å². The van der Waals surface area contributed by atoms with Crippen LogP contribution in [0.5, 0.6) is 5.75 Å². The standard InChI is InChI=1S/C24H32N2O8/c1-13-19(26-22(30)16-9-6-10-18(21(16)29)25-12-27)24(32)34-14(2)20(28)17(23(31)33-13)11-15-7-4-3-5-8-15/h6,9-10,12-15,17,19-20,28-29H,3-5,7-8,11H2,1-2H3,(H,25,27)(H,26,30)/t13-,14+,17-,19+,20+/m1/s1. The molecule has 2 fully saturated rings. The topological polar surface area (TPSA) is 151 Å². The van der Waals surface area contributed by atoms with E-state index >= 15 is 0 Å². The summed E-state index contributed by atoms with van der Waals surface area (Å²) in [6.45, 7) is 2.95. The first-order valence-electron chi connectivity index (χ1n) is 11.6. The number of esters is 2. The van der Waals surface area contributed by atoms with Crippen LogP contribution < -0.4 is 10.6 Å². The van der Waals surface area contributed by atoms with E-state index < -0.39 is 53.9 Å². The fourth-order valence-corrected chi connectivity index (χ4v) is 4.64. The third-order valence-electron chi connectivity index (χ3n) is 6.62. The van der Waals surface area contributed by atoms with Crippen LogP contribution in [0.2, 0.25) is 0 Å². The maximum Gasteiger partial charge on any atom is 0.332 e. The highest BCUT2D eigenvalue weighted by atomic mass is 16.6. The van der Waals surface area contributed by atoms with Gasteiger partial charge in [0.2, 0.25) is 6.41 Å². The number of aliphatic hydroxyl groups excluding tert-OH is 1. The van der Waals surface area contributed by atoms with Crippen LogP contribution in [0.3, 0.4) is 0 Å². The van der Waals surface area contributed by atoms with Crippen LogP contribution in [0.25, 0.3) is 0 Å². The molecule has 4 N–H and O–H groups in total. The van der Waals surface area contributed by atoms with E-state index in [0.717, 1.165) is 32.1 Å². The van der Waals surface area contributed by atoms with Crippen molar-refractivity contribution in [1.82, 2.24) is 5.32 Å². The predicted molar refractivity (Wildman–Crippen MR) is 121 cm³/mol. The van der Waals surface area contributed by atoms with E-state index in [1.54, 1.807) is 0 Å². The van der Waals surface area contributed by atoms with E-state index in [0.29, 0.717) is 12.8 Å². The number of anilines is 1. The number of carbonyl (C=O) groups excluding carboxylic acids is 4. The molecule has 0 bridgehead atoms. The Kier molecular flexibility index (Phi) is 8.49. The van der Waals surface area contributed by atoms with E-state index in [1.165, 1.54) is 32.0 Å². The fourth-order valence-electron chi connectivity index (χ4n) is 4.64. The highest BCUT2D eigenvalue weighted by Gasteiger charge is 2.42. The minimum Gasteiger partial charge on any atom is -0.505 e. The fraction of sp³-hybridized carbons (Fsp3) is 0.583. The quantitative estimate of drug-likeness (QED) is 0.276. The molecule has 0 spiro atoms. The highest BCUT2D eigenvalue weighted by molar-refractivity contribution is 6.01. The Morgan fingerprint density at radius 2 is 1.76 bits per heavy atom. The average Bonchev–Trinajstić information content (AvgIpc) is 2.83. The lowest BCUT2D eigenvalue weighted by Crippen LogP contribution is -2.50. The third kappa shape index (κ3) is 5.85. The van der Waals surface area contributed by atoms with Gasteiger partial charge >= 0.3 is 11.9 Å². The number of cyclic esters (lactones) is 2. The molecule has 10 heteroatoms. The van der Waals surface area contributed by atoms with Gasteiger partial charge in [0.1, 0.15) is 18.3 Å². The van der Waals surface area contributed by atoms with E-state index in [4.69, 9.17) is 9.47 Å². The Morgan fingerprint density at radius 1 is 1.09 bits per heavy atom. The second-order valence-electron chi connectivity index (χ2n) is 9.04. The summed E-state index contributed by atoms with van der Waals surface area (Å²) in [7, 11) is 0. The third-order valence-corrected chi connectivity index (χ3v) is 6.62. The lowest BCUT2D eigenvalue weighted by molar-refractivity contribution is -0.160. The van der Waals surface area contributed by atoms with Gasteiger partial charge in [-0.2, -0.15) is 0 Å². The highest BCUT2D eigenvalue weighted by Crippen LogP contribution is 2.33.